The zero-order chi connectivity index (χ0) is 19.3. The molecule has 1 aromatic carbocycles. The van der Waals surface area contributed by atoms with Gasteiger partial charge in [-0.05, 0) is 55.7 Å². The lowest BCUT2D eigenvalue weighted by atomic mass is 10.2. The number of aromatic nitrogens is 3. The summed E-state index contributed by atoms with van der Waals surface area (Å²) >= 11 is 1.43. The molecule has 0 aliphatic heterocycles. The van der Waals surface area contributed by atoms with Crippen LogP contribution in [0.4, 0.5) is 5.13 Å². The van der Waals surface area contributed by atoms with Crippen LogP contribution < -0.4 is 14.8 Å². The minimum absolute atomic E-state index is 0.250. The lowest BCUT2D eigenvalue weighted by Gasteiger charge is -2.13. The summed E-state index contributed by atoms with van der Waals surface area (Å²) in [7, 11) is 0. The lowest BCUT2D eigenvalue weighted by Crippen LogP contribution is -2.12. The van der Waals surface area contributed by atoms with Gasteiger partial charge in [0.05, 0.1) is 6.61 Å². The van der Waals surface area contributed by atoms with E-state index in [-0.39, 0.29) is 5.91 Å². The second-order valence-corrected chi connectivity index (χ2v) is 7.42. The molecule has 1 aliphatic rings. The van der Waals surface area contributed by atoms with Crippen LogP contribution in [0.1, 0.15) is 46.6 Å². The molecule has 0 bridgehead atoms. The molecule has 0 atom stereocenters. The fraction of sp³-hybridized carbons (Fsp3) is 0.300. The number of ether oxygens (including phenoxy) is 2. The van der Waals surface area contributed by atoms with Crippen molar-refractivity contribution in [2.75, 3.05) is 11.9 Å². The first kappa shape index (κ1) is 18.4. The molecular formula is C20H20N4O3S. The van der Waals surface area contributed by atoms with Crippen molar-refractivity contribution in [1.29, 1.82) is 0 Å². The number of pyridine rings is 1. The summed E-state index contributed by atoms with van der Waals surface area (Å²) in [6, 6.07) is 8.92. The molecule has 0 saturated heterocycles. The van der Waals surface area contributed by atoms with Crippen LogP contribution in [0.3, 0.4) is 0 Å². The number of benzene rings is 1. The fourth-order valence-electron chi connectivity index (χ4n) is 2.63. The molecule has 2 aromatic heterocycles. The Bertz CT molecular complexity index is 957. The zero-order valence-corrected chi connectivity index (χ0v) is 16.2. The number of carbonyl (C=O) groups is 1. The Morgan fingerprint density at radius 3 is 2.71 bits per heavy atom. The highest BCUT2D eigenvalue weighted by atomic mass is 32.1. The van der Waals surface area contributed by atoms with Gasteiger partial charge in [-0.15, -0.1) is 10.2 Å². The summed E-state index contributed by atoms with van der Waals surface area (Å²) < 4.78 is 11.5. The van der Waals surface area contributed by atoms with E-state index < -0.39 is 0 Å². The molecule has 1 saturated carbocycles. The third kappa shape index (κ3) is 4.45. The Morgan fingerprint density at radius 2 is 1.96 bits per heavy atom. The maximum atomic E-state index is 12.6. The monoisotopic (exact) mass is 396 g/mol. The zero-order valence-electron chi connectivity index (χ0n) is 15.4. The first-order valence-electron chi connectivity index (χ1n) is 9.16. The van der Waals surface area contributed by atoms with E-state index >= 15 is 0 Å². The minimum Gasteiger partial charge on any atom is -0.490 e. The highest BCUT2D eigenvalue weighted by Gasteiger charge is 2.27. The SMILES string of the molecule is CCOc1cc(C(=O)Nc2nnc(C3CC3)s2)ccc1OCc1ccncc1. The van der Waals surface area contributed by atoms with Gasteiger partial charge in [0.2, 0.25) is 5.13 Å². The molecule has 0 unspecified atom stereocenters. The molecule has 1 N–H and O–H groups in total. The summed E-state index contributed by atoms with van der Waals surface area (Å²) in [5, 5.41) is 12.5. The van der Waals surface area contributed by atoms with Gasteiger partial charge in [0.1, 0.15) is 11.6 Å². The molecule has 7 nitrogen and oxygen atoms in total. The number of amides is 1. The normalized spacial score (nSPS) is 13.2. The van der Waals surface area contributed by atoms with Crippen LogP contribution in [0.2, 0.25) is 0 Å². The molecule has 4 rings (SSSR count). The summed E-state index contributed by atoms with van der Waals surface area (Å²) in [4.78, 5) is 16.6. The summed E-state index contributed by atoms with van der Waals surface area (Å²) in [5.74, 6) is 1.38. The van der Waals surface area contributed by atoms with Crippen LogP contribution >= 0.6 is 11.3 Å². The molecule has 1 amide bonds. The highest BCUT2D eigenvalue weighted by molar-refractivity contribution is 7.15. The van der Waals surface area contributed by atoms with Gasteiger partial charge in [-0.3, -0.25) is 15.1 Å². The Balaban J connectivity index is 1.45. The molecule has 0 radical (unpaired) electrons. The maximum absolute atomic E-state index is 12.6. The molecule has 1 aliphatic carbocycles. The van der Waals surface area contributed by atoms with Crippen molar-refractivity contribution in [3.63, 3.8) is 0 Å². The molecular weight excluding hydrogens is 376 g/mol. The average molecular weight is 396 g/mol. The Hall–Kier alpha value is -3.00. The summed E-state index contributed by atoms with van der Waals surface area (Å²) in [6.45, 7) is 2.75. The number of nitrogens with zero attached hydrogens (tertiary/aromatic N) is 3. The van der Waals surface area contributed by atoms with Gasteiger partial charge >= 0.3 is 0 Å². The lowest BCUT2D eigenvalue weighted by molar-refractivity contribution is 0.102. The summed E-state index contributed by atoms with van der Waals surface area (Å²) in [6.07, 6.45) is 5.75. The van der Waals surface area contributed by atoms with E-state index in [1.807, 2.05) is 19.1 Å². The van der Waals surface area contributed by atoms with Crippen molar-refractivity contribution in [2.45, 2.75) is 32.3 Å². The Labute approximate surface area is 166 Å². The number of anilines is 1. The van der Waals surface area contributed by atoms with Gasteiger partial charge in [-0.25, -0.2) is 0 Å². The Kier molecular flexibility index (Phi) is 5.48. The largest absolute Gasteiger partial charge is 0.490 e. The first-order chi connectivity index (χ1) is 13.7. The van der Waals surface area contributed by atoms with E-state index in [4.69, 9.17) is 9.47 Å². The number of hydrogen-bond donors (Lipinski definition) is 1. The second-order valence-electron chi connectivity index (χ2n) is 6.41. The van der Waals surface area contributed by atoms with Crippen LogP contribution in [0.25, 0.3) is 0 Å². The van der Waals surface area contributed by atoms with Crippen molar-refractivity contribution in [1.82, 2.24) is 15.2 Å². The van der Waals surface area contributed by atoms with Crippen molar-refractivity contribution < 1.29 is 14.3 Å². The number of nitrogens with one attached hydrogen (secondary N) is 1. The predicted octanol–water partition coefficient (Wildman–Crippen LogP) is 4.04. The van der Waals surface area contributed by atoms with Crippen molar-refractivity contribution >= 4 is 22.4 Å². The molecule has 1 fully saturated rings. The molecule has 144 valence electrons. The van der Waals surface area contributed by atoms with Crippen molar-refractivity contribution in [3.05, 3.63) is 58.9 Å². The van der Waals surface area contributed by atoms with Gasteiger partial charge in [0.15, 0.2) is 11.5 Å². The van der Waals surface area contributed by atoms with Crippen LogP contribution in [-0.4, -0.2) is 27.7 Å². The van der Waals surface area contributed by atoms with Gasteiger partial charge in [0.25, 0.3) is 5.91 Å². The number of carbonyl (C=O) groups excluding carboxylic acids is 1. The standard InChI is InChI=1S/C20H20N4O3S/c1-2-26-17-11-15(5-6-16(17)27-12-13-7-9-21-10-8-13)18(25)22-20-24-23-19(28-20)14-3-4-14/h5-11,14H,2-4,12H2,1H3,(H,22,24,25). The van der Waals surface area contributed by atoms with Crippen LogP contribution in [0.15, 0.2) is 42.7 Å². The first-order valence-corrected chi connectivity index (χ1v) is 9.98. The fourth-order valence-corrected chi connectivity index (χ4v) is 3.53. The second kappa shape index (κ2) is 8.35. The third-order valence-electron chi connectivity index (χ3n) is 4.24. The van der Waals surface area contributed by atoms with E-state index in [1.54, 1.807) is 30.6 Å². The quantitative estimate of drug-likeness (QED) is 0.618. The topological polar surface area (TPSA) is 86.2 Å². The van der Waals surface area contributed by atoms with Crippen LogP contribution in [0.5, 0.6) is 11.5 Å². The molecule has 0 spiro atoms. The predicted molar refractivity (Wildman–Crippen MR) is 106 cm³/mol. The Morgan fingerprint density at radius 1 is 1.14 bits per heavy atom. The smallest absolute Gasteiger partial charge is 0.257 e. The maximum Gasteiger partial charge on any atom is 0.257 e. The highest BCUT2D eigenvalue weighted by Crippen LogP contribution is 2.42. The third-order valence-corrected chi connectivity index (χ3v) is 5.24. The van der Waals surface area contributed by atoms with E-state index in [1.165, 1.54) is 11.3 Å². The van der Waals surface area contributed by atoms with Crippen molar-refractivity contribution in [2.24, 2.45) is 0 Å². The summed E-state index contributed by atoms with van der Waals surface area (Å²) in [5.41, 5.74) is 1.48. The molecule has 8 heteroatoms. The van der Waals surface area contributed by atoms with Gasteiger partial charge < -0.3 is 9.47 Å². The van der Waals surface area contributed by atoms with Gasteiger partial charge in [-0.2, -0.15) is 0 Å². The van der Waals surface area contributed by atoms with Crippen LogP contribution in [-0.2, 0) is 6.61 Å². The van der Waals surface area contributed by atoms with Gasteiger partial charge in [0, 0.05) is 23.9 Å². The number of rotatable bonds is 8. The van der Waals surface area contributed by atoms with Crippen molar-refractivity contribution in [3.8, 4) is 11.5 Å². The van der Waals surface area contributed by atoms with E-state index in [0.717, 1.165) is 23.4 Å². The molecule has 2 heterocycles. The number of hydrogen-bond acceptors (Lipinski definition) is 7. The minimum atomic E-state index is -0.250. The van der Waals surface area contributed by atoms with Crippen LogP contribution in [0, 0.1) is 0 Å². The van der Waals surface area contributed by atoms with Gasteiger partial charge in [-0.1, -0.05) is 11.3 Å². The van der Waals surface area contributed by atoms with E-state index in [2.05, 4.69) is 20.5 Å². The average Bonchev–Trinajstić information content (AvgIpc) is 3.47. The van der Waals surface area contributed by atoms with E-state index in [0.29, 0.717) is 41.3 Å². The molecule has 3 aromatic rings. The molecule has 28 heavy (non-hydrogen) atoms. The van der Waals surface area contributed by atoms with E-state index in [9.17, 15) is 4.79 Å².